The molecule has 0 saturated heterocycles. The molecule has 18 heavy (non-hydrogen) atoms. The van der Waals surface area contributed by atoms with Gasteiger partial charge in [-0.05, 0) is 37.5 Å². The Morgan fingerprint density at radius 2 is 2.22 bits per heavy atom. The van der Waals surface area contributed by atoms with Crippen molar-refractivity contribution in [2.24, 2.45) is 0 Å². The van der Waals surface area contributed by atoms with Crippen LogP contribution in [0, 0.1) is 0 Å². The highest BCUT2D eigenvalue weighted by Gasteiger charge is 2.17. The second kappa shape index (κ2) is 4.94. The van der Waals surface area contributed by atoms with Crippen molar-refractivity contribution in [1.82, 2.24) is 9.88 Å². The number of aromatic nitrogens is 1. The summed E-state index contributed by atoms with van der Waals surface area (Å²) in [6.07, 6.45) is 6.30. The average Bonchev–Trinajstić information content (AvgIpc) is 2.65. The van der Waals surface area contributed by atoms with E-state index in [2.05, 4.69) is 35.1 Å². The molecule has 2 nitrogen and oxygen atoms in total. The minimum Gasteiger partial charge on any atom is -0.347 e. The lowest BCUT2D eigenvalue weighted by Gasteiger charge is -2.26. The number of benzene rings is 1. The van der Waals surface area contributed by atoms with E-state index in [-0.39, 0.29) is 0 Å². The van der Waals surface area contributed by atoms with E-state index in [0.717, 1.165) is 24.2 Å². The fourth-order valence-corrected chi connectivity index (χ4v) is 2.78. The van der Waals surface area contributed by atoms with E-state index >= 15 is 0 Å². The van der Waals surface area contributed by atoms with Gasteiger partial charge in [0.25, 0.3) is 0 Å². The van der Waals surface area contributed by atoms with Crippen LogP contribution in [0.3, 0.4) is 0 Å². The number of aryl methyl sites for hydroxylation is 1. The van der Waals surface area contributed by atoms with Crippen molar-refractivity contribution in [3.8, 4) is 0 Å². The van der Waals surface area contributed by atoms with Crippen LogP contribution >= 0.6 is 11.6 Å². The molecule has 1 aromatic heterocycles. The van der Waals surface area contributed by atoms with E-state index in [1.54, 1.807) is 0 Å². The van der Waals surface area contributed by atoms with Crippen LogP contribution in [0.1, 0.15) is 31.7 Å². The number of fused-ring (bicyclic) bond motifs is 1. The molecule has 1 N–H and O–H groups in total. The maximum absolute atomic E-state index is 6.09. The Hall–Kier alpha value is -0.990. The van der Waals surface area contributed by atoms with Crippen molar-refractivity contribution in [3.63, 3.8) is 0 Å². The van der Waals surface area contributed by atoms with Crippen LogP contribution in [-0.2, 0) is 13.1 Å². The molecule has 0 bridgehead atoms. The van der Waals surface area contributed by atoms with Crippen molar-refractivity contribution in [2.75, 3.05) is 0 Å². The summed E-state index contributed by atoms with van der Waals surface area (Å²) in [5, 5.41) is 5.77. The lowest BCUT2D eigenvalue weighted by molar-refractivity contribution is 0.338. The number of rotatable bonds is 4. The minimum atomic E-state index is 0.734. The van der Waals surface area contributed by atoms with Gasteiger partial charge >= 0.3 is 0 Å². The fraction of sp³-hybridized carbons (Fsp3) is 0.467. The first-order valence-corrected chi connectivity index (χ1v) is 7.16. The van der Waals surface area contributed by atoms with E-state index in [1.165, 1.54) is 35.7 Å². The van der Waals surface area contributed by atoms with Crippen LogP contribution in [0.25, 0.3) is 10.9 Å². The summed E-state index contributed by atoms with van der Waals surface area (Å²) in [4.78, 5) is 0. The Bertz CT molecular complexity index is 555. The van der Waals surface area contributed by atoms with Gasteiger partial charge in [-0.25, -0.2) is 0 Å². The van der Waals surface area contributed by atoms with E-state index in [1.807, 2.05) is 6.07 Å². The van der Waals surface area contributed by atoms with Crippen LogP contribution in [0.5, 0.6) is 0 Å². The highest BCUT2D eigenvalue weighted by atomic mass is 35.5. The van der Waals surface area contributed by atoms with Crippen LogP contribution in [0.4, 0.5) is 0 Å². The second-order valence-corrected chi connectivity index (χ2v) is 5.55. The zero-order chi connectivity index (χ0) is 12.5. The number of hydrogen-bond donors (Lipinski definition) is 1. The Morgan fingerprint density at radius 1 is 1.39 bits per heavy atom. The van der Waals surface area contributed by atoms with Crippen molar-refractivity contribution in [3.05, 3.63) is 35.0 Å². The molecular formula is C15H19ClN2. The molecule has 0 aliphatic heterocycles. The molecule has 1 aliphatic rings. The third-order valence-corrected chi connectivity index (χ3v) is 4.19. The van der Waals surface area contributed by atoms with Crippen LogP contribution in [0.2, 0.25) is 5.02 Å². The summed E-state index contributed by atoms with van der Waals surface area (Å²) in [6.45, 7) is 4.12. The highest BCUT2D eigenvalue weighted by molar-refractivity contribution is 6.31. The summed E-state index contributed by atoms with van der Waals surface area (Å²) in [7, 11) is 0. The van der Waals surface area contributed by atoms with Gasteiger partial charge in [-0.1, -0.05) is 24.1 Å². The summed E-state index contributed by atoms with van der Waals surface area (Å²) in [5.41, 5.74) is 2.63. The topological polar surface area (TPSA) is 17.0 Å². The first-order valence-electron chi connectivity index (χ1n) is 6.78. The maximum atomic E-state index is 6.09. The molecule has 96 valence electrons. The Labute approximate surface area is 113 Å². The van der Waals surface area contributed by atoms with Gasteiger partial charge in [0, 0.05) is 41.3 Å². The molecule has 1 aliphatic carbocycles. The molecule has 1 fully saturated rings. The number of halogens is 1. The zero-order valence-corrected chi connectivity index (χ0v) is 11.5. The highest BCUT2D eigenvalue weighted by Crippen LogP contribution is 2.26. The molecule has 0 radical (unpaired) electrons. The first-order chi connectivity index (χ1) is 8.78. The Morgan fingerprint density at radius 3 is 2.89 bits per heavy atom. The van der Waals surface area contributed by atoms with Gasteiger partial charge in [-0.3, -0.25) is 0 Å². The predicted molar refractivity (Wildman–Crippen MR) is 77.1 cm³/mol. The fourth-order valence-electron chi connectivity index (χ4n) is 2.61. The maximum Gasteiger partial charge on any atom is 0.0498 e. The molecule has 3 heteroatoms. The van der Waals surface area contributed by atoms with E-state index in [4.69, 9.17) is 11.6 Å². The summed E-state index contributed by atoms with van der Waals surface area (Å²) >= 11 is 6.09. The van der Waals surface area contributed by atoms with Crippen LogP contribution in [-0.4, -0.2) is 10.6 Å². The summed E-state index contributed by atoms with van der Waals surface area (Å²) in [6, 6.07) is 6.92. The SMILES string of the molecule is CCn1cc(CNC2CCC2)c2ccc(Cl)cc21. The zero-order valence-electron chi connectivity index (χ0n) is 10.7. The van der Waals surface area contributed by atoms with E-state index in [0.29, 0.717) is 0 Å². The standard InChI is InChI=1S/C15H19ClN2/c1-2-18-10-11(9-17-13-4-3-5-13)14-7-6-12(16)8-15(14)18/h6-8,10,13,17H,2-5,9H2,1H3. The van der Waals surface area contributed by atoms with Gasteiger partial charge in [0.15, 0.2) is 0 Å². The molecule has 0 spiro atoms. The molecular weight excluding hydrogens is 244 g/mol. The summed E-state index contributed by atoms with van der Waals surface area (Å²) < 4.78 is 2.28. The van der Waals surface area contributed by atoms with Crippen molar-refractivity contribution >= 4 is 22.5 Å². The van der Waals surface area contributed by atoms with E-state index < -0.39 is 0 Å². The molecule has 0 atom stereocenters. The molecule has 2 aromatic rings. The van der Waals surface area contributed by atoms with Crippen molar-refractivity contribution in [2.45, 2.75) is 45.3 Å². The molecule has 1 aromatic carbocycles. The summed E-state index contributed by atoms with van der Waals surface area (Å²) in [5.74, 6) is 0. The van der Waals surface area contributed by atoms with Gasteiger partial charge in [-0.15, -0.1) is 0 Å². The quantitative estimate of drug-likeness (QED) is 0.883. The lowest BCUT2D eigenvalue weighted by atomic mass is 9.93. The predicted octanol–water partition coefficient (Wildman–Crippen LogP) is 3.96. The number of nitrogens with zero attached hydrogens (tertiary/aromatic N) is 1. The Balaban J connectivity index is 1.90. The molecule has 0 amide bonds. The monoisotopic (exact) mass is 262 g/mol. The molecule has 0 unspecified atom stereocenters. The van der Waals surface area contributed by atoms with Gasteiger partial charge in [0.2, 0.25) is 0 Å². The molecule has 1 heterocycles. The van der Waals surface area contributed by atoms with Crippen LogP contribution in [0.15, 0.2) is 24.4 Å². The largest absolute Gasteiger partial charge is 0.347 e. The normalized spacial score (nSPS) is 16.1. The van der Waals surface area contributed by atoms with Gasteiger partial charge in [0.1, 0.15) is 0 Å². The third kappa shape index (κ3) is 2.15. The first kappa shape index (κ1) is 12.1. The van der Waals surface area contributed by atoms with Crippen LogP contribution < -0.4 is 5.32 Å². The number of nitrogens with one attached hydrogen (secondary N) is 1. The lowest BCUT2D eigenvalue weighted by Crippen LogP contribution is -2.34. The van der Waals surface area contributed by atoms with Crippen molar-refractivity contribution in [1.29, 1.82) is 0 Å². The molecule has 3 rings (SSSR count). The Kier molecular flexibility index (Phi) is 3.31. The molecule has 1 saturated carbocycles. The minimum absolute atomic E-state index is 0.734. The average molecular weight is 263 g/mol. The van der Waals surface area contributed by atoms with Gasteiger partial charge in [0.05, 0.1) is 0 Å². The van der Waals surface area contributed by atoms with Crippen molar-refractivity contribution < 1.29 is 0 Å². The second-order valence-electron chi connectivity index (χ2n) is 5.11. The van der Waals surface area contributed by atoms with Gasteiger partial charge in [-0.2, -0.15) is 0 Å². The third-order valence-electron chi connectivity index (χ3n) is 3.95. The smallest absolute Gasteiger partial charge is 0.0498 e. The van der Waals surface area contributed by atoms with E-state index in [9.17, 15) is 0 Å². The number of hydrogen-bond acceptors (Lipinski definition) is 1. The van der Waals surface area contributed by atoms with Gasteiger partial charge < -0.3 is 9.88 Å².